The van der Waals surface area contributed by atoms with Gasteiger partial charge >= 0.3 is 0 Å². The van der Waals surface area contributed by atoms with Crippen molar-refractivity contribution in [3.8, 4) is 11.1 Å². The molecule has 20 heavy (non-hydrogen) atoms. The Morgan fingerprint density at radius 1 is 0.900 bits per heavy atom. The van der Waals surface area contributed by atoms with E-state index in [1.807, 2.05) is 57.3 Å². The fourth-order valence-electron chi connectivity index (χ4n) is 2.68. The molecule has 0 spiro atoms. The van der Waals surface area contributed by atoms with Gasteiger partial charge in [-0.25, -0.2) is 0 Å². The average molecular weight is 263 g/mol. The summed E-state index contributed by atoms with van der Waals surface area (Å²) in [4.78, 5) is 16.0. The van der Waals surface area contributed by atoms with E-state index >= 15 is 0 Å². The largest absolute Gasteiger partial charge is 0.360 e. The number of rotatable bonds is 1. The van der Waals surface area contributed by atoms with Gasteiger partial charge in [0.15, 0.2) is 5.43 Å². The fraction of sp³-hybridized carbons (Fsp3) is 0.167. The molecule has 2 heteroatoms. The maximum absolute atomic E-state index is 12.7. The third-order valence-electron chi connectivity index (χ3n) is 3.69. The standard InChI is InChI=1S/C18H17NO/c1-11-4-6-14(7-5-11)15-10-19-16-9-12(2)8-13(3)17(16)18(15)20/h4-10H,1-3H3,(H,19,20). The van der Waals surface area contributed by atoms with Crippen LogP contribution >= 0.6 is 0 Å². The van der Waals surface area contributed by atoms with E-state index in [1.165, 1.54) is 5.56 Å². The van der Waals surface area contributed by atoms with Gasteiger partial charge in [0, 0.05) is 22.7 Å². The van der Waals surface area contributed by atoms with Crippen LogP contribution in [0.25, 0.3) is 22.0 Å². The van der Waals surface area contributed by atoms with Crippen molar-refractivity contribution in [2.75, 3.05) is 0 Å². The number of fused-ring (bicyclic) bond motifs is 1. The summed E-state index contributed by atoms with van der Waals surface area (Å²) in [6.45, 7) is 6.07. The Morgan fingerprint density at radius 2 is 1.60 bits per heavy atom. The van der Waals surface area contributed by atoms with Gasteiger partial charge in [0.05, 0.1) is 0 Å². The van der Waals surface area contributed by atoms with Crippen molar-refractivity contribution in [1.29, 1.82) is 0 Å². The molecule has 0 aliphatic rings. The molecule has 0 bridgehead atoms. The Kier molecular flexibility index (Phi) is 2.94. The van der Waals surface area contributed by atoms with E-state index in [-0.39, 0.29) is 5.43 Å². The molecular formula is C18H17NO. The summed E-state index contributed by atoms with van der Waals surface area (Å²) in [7, 11) is 0. The summed E-state index contributed by atoms with van der Waals surface area (Å²) in [5, 5.41) is 0.786. The number of aryl methyl sites for hydroxylation is 3. The van der Waals surface area contributed by atoms with Crippen molar-refractivity contribution in [3.63, 3.8) is 0 Å². The van der Waals surface area contributed by atoms with Crippen molar-refractivity contribution in [1.82, 2.24) is 4.98 Å². The SMILES string of the molecule is Cc1ccc(-c2c[nH]c3cc(C)cc(C)c3c2=O)cc1. The van der Waals surface area contributed by atoms with Crippen LogP contribution < -0.4 is 5.43 Å². The van der Waals surface area contributed by atoms with Crippen LogP contribution in [0.4, 0.5) is 0 Å². The highest BCUT2D eigenvalue weighted by atomic mass is 16.1. The summed E-state index contributed by atoms with van der Waals surface area (Å²) in [6.07, 6.45) is 1.81. The maximum Gasteiger partial charge on any atom is 0.197 e. The van der Waals surface area contributed by atoms with E-state index in [0.717, 1.165) is 33.2 Å². The predicted molar refractivity (Wildman–Crippen MR) is 84.2 cm³/mol. The Morgan fingerprint density at radius 3 is 2.30 bits per heavy atom. The first kappa shape index (κ1) is 12.7. The third kappa shape index (κ3) is 2.03. The fourth-order valence-corrected chi connectivity index (χ4v) is 2.68. The van der Waals surface area contributed by atoms with Crippen LogP contribution in [0.15, 0.2) is 47.4 Å². The number of aromatic amines is 1. The number of aromatic nitrogens is 1. The van der Waals surface area contributed by atoms with E-state index in [9.17, 15) is 4.79 Å². The lowest BCUT2D eigenvalue weighted by Crippen LogP contribution is -2.08. The first-order chi connectivity index (χ1) is 9.56. The number of H-pyrrole nitrogens is 1. The summed E-state index contributed by atoms with van der Waals surface area (Å²) in [6, 6.07) is 12.1. The van der Waals surface area contributed by atoms with Crippen molar-refractivity contribution in [3.05, 3.63) is 69.5 Å². The Labute approximate surface area is 118 Å². The maximum atomic E-state index is 12.7. The Balaban J connectivity index is 2.31. The number of nitrogens with one attached hydrogen (secondary N) is 1. The normalized spacial score (nSPS) is 10.9. The van der Waals surface area contributed by atoms with Gasteiger partial charge in [0.2, 0.25) is 0 Å². The predicted octanol–water partition coefficient (Wildman–Crippen LogP) is 4.12. The summed E-state index contributed by atoms with van der Waals surface area (Å²) >= 11 is 0. The van der Waals surface area contributed by atoms with Gasteiger partial charge in [0.1, 0.15) is 0 Å². The minimum Gasteiger partial charge on any atom is -0.360 e. The second-order valence-corrected chi connectivity index (χ2v) is 5.40. The van der Waals surface area contributed by atoms with Gasteiger partial charge in [0.25, 0.3) is 0 Å². The second-order valence-electron chi connectivity index (χ2n) is 5.40. The third-order valence-corrected chi connectivity index (χ3v) is 3.69. The number of hydrogen-bond acceptors (Lipinski definition) is 1. The smallest absolute Gasteiger partial charge is 0.197 e. The lowest BCUT2D eigenvalue weighted by Gasteiger charge is -2.07. The van der Waals surface area contributed by atoms with E-state index in [0.29, 0.717) is 0 Å². The molecule has 1 N–H and O–H groups in total. The minimum absolute atomic E-state index is 0.0973. The van der Waals surface area contributed by atoms with Crippen LogP contribution in [0.1, 0.15) is 16.7 Å². The molecule has 0 amide bonds. The van der Waals surface area contributed by atoms with E-state index < -0.39 is 0 Å². The van der Waals surface area contributed by atoms with Crippen LogP contribution in [0, 0.1) is 20.8 Å². The molecule has 2 aromatic carbocycles. The van der Waals surface area contributed by atoms with Gasteiger partial charge < -0.3 is 4.98 Å². The Hall–Kier alpha value is -2.35. The van der Waals surface area contributed by atoms with Crippen LogP contribution in [0.3, 0.4) is 0 Å². The molecule has 0 saturated heterocycles. The number of pyridine rings is 1. The molecule has 0 atom stereocenters. The molecule has 2 nitrogen and oxygen atoms in total. The topological polar surface area (TPSA) is 32.9 Å². The van der Waals surface area contributed by atoms with Gasteiger partial charge in [-0.2, -0.15) is 0 Å². The minimum atomic E-state index is 0.0973. The molecular weight excluding hydrogens is 246 g/mol. The van der Waals surface area contributed by atoms with Gasteiger partial charge in [-0.1, -0.05) is 35.9 Å². The highest BCUT2D eigenvalue weighted by molar-refractivity contribution is 5.86. The molecule has 0 aliphatic heterocycles. The molecule has 0 saturated carbocycles. The van der Waals surface area contributed by atoms with E-state index in [2.05, 4.69) is 11.1 Å². The van der Waals surface area contributed by atoms with Gasteiger partial charge in [-0.15, -0.1) is 0 Å². The molecule has 0 unspecified atom stereocenters. The zero-order valence-electron chi connectivity index (χ0n) is 11.9. The van der Waals surface area contributed by atoms with Crippen LogP contribution in [-0.4, -0.2) is 4.98 Å². The summed E-state index contributed by atoms with van der Waals surface area (Å²) < 4.78 is 0. The van der Waals surface area contributed by atoms with Crippen molar-refractivity contribution in [2.45, 2.75) is 20.8 Å². The first-order valence-corrected chi connectivity index (χ1v) is 6.76. The molecule has 1 heterocycles. The zero-order chi connectivity index (χ0) is 14.3. The van der Waals surface area contributed by atoms with Gasteiger partial charge in [-0.05, 0) is 43.5 Å². The zero-order valence-corrected chi connectivity index (χ0v) is 11.9. The molecule has 0 fully saturated rings. The lowest BCUT2D eigenvalue weighted by atomic mass is 10.00. The molecule has 0 aliphatic carbocycles. The number of benzene rings is 2. The highest BCUT2D eigenvalue weighted by Crippen LogP contribution is 2.21. The average Bonchev–Trinajstić information content (AvgIpc) is 2.39. The van der Waals surface area contributed by atoms with Crippen LogP contribution in [0.5, 0.6) is 0 Å². The van der Waals surface area contributed by atoms with Crippen molar-refractivity contribution < 1.29 is 0 Å². The Bertz CT molecular complexity index is 842. The molecule has 3 rings (SSSR count). The number of hydrogen-bond donors (Lipinski definition) is 1. The molecule has 3 aromatic rings. The summed E-state index contributed by atoms with van der Waals surface area (Å²) in [5.74, 6) is 0. The van der Waals surface area contributed by atoms with Gasteiger partial charge in [-0.3, -0.25) is 4.79 Å². The van der Waals surface area contributed by atoms with E-state index in [1.54, 1.807) is 0 Å². The van der Waals surface area contributed by atoms with Crippen molar-refractivity contribution >= 4 is 10.9 Å². The van der Waals surface area contributed by atoms with Crippen molar-refractivity contribution in [2.24, 2.45) is 0 Å². The summed E-state index contributed by atoms with van der Waals surface area (Å²) in [5.41, 5.74) is 6.06. The lowest BCUT2D eigenvalue weighted by molar-refractivity contribution is 1.33. The molecule has 100 valence electrons. The quantitative estimate of drug-likeness (QED) is 0.703. The molecule has 0 radical (unpaired) electrons. The van der Waals surface area contributed by atoms with E-state index in [4.69, 9.17) is 0 Å². The van der Waals surface area contributed by atoms with Crippen LogP contribution in [0.2, 0.25) is 0 Å². The highest BCUT2D eigenvalue weighted by Gasteiger charge is 2.09. The first-order valence-electron chi connectivity index (χ1n) is 6.76. The van der Waals surface area contributed by atoms with Crippen LogP contribution in [-0.2, 0) is 0 Å². The molecule has 1 aromatic heterocycles. The second kappa shape index (κ2) is 4.64. The monoisotopic (exact) mass is 263 g/mol.